The fraction of sp³-hybridized carbons (Fsp3) is 0.238. The van der Waals surface area contributed by atoms with Crippen LogP contribution >= 0.6 is 11.3 Å². The van der Waals surface area contributed by atoms with E-state index in [2.05, 4.69) is 10.3 Å². The average Bonchev–Trinajstić information content (AvgIpc) is 3.07. The summed E-state index contributed by atoms with van der Waals surface area (Å²) in [5, 5.41) is 3.09. The van der Waals surface area contributed by atoms with Crippen molar-refractivity contribution in [3.63, 3.8) is 0 Å². The monoisotopic (exact) mass is 446 g/mol. The first-order chi connectivity index (χ1) is 14.2. The number of fused-ring (bicyclic) bond motifs is 1. The number of sulfone groups is 1. The standard InChI is InChI=1S/C21H22N2O5S2/c1-13(2)28-17-9-5-14(11-18(17)27-3)6-10-20(24)23-21-22-16-8-7-15(30(4,25)26)12-19(16)29-21/h5-13H,1-4H3,(H,22,23,24)/b10-6+. The SMILES string of the molecule is COc1cc(/C=C/C(=O)Nc2nc3ccc(S(C)(=O)=O)cc3s2)ccc1OC(C)C. The molecule has 0 fully saturated rings. The Balaban J connectivity index is 1.73. The van der Waals surface area contributed by atoms with Gasteiger partial charge >= 0.3 is 0 Å². The minimum Gasteiger partial charge on any atom is -0.493 e. The lowest BCUT2D eigenvalue weighted by Crippen LogP contribution is -2.07. The molecule has 0 aliphatic heterocycles. The molecule has 0 spiro atoms. The van der Waals surface area contributed by atoms with Crippen molar-refractivity contribution in [3.05, 3.63) is 48.0 Å². The quantitative estimate of drug-likeness (QED) is 0.548. The molecule has 0 aliphatic rings. The molecular formula is C21H22N2O5S2. The number of ether oxygens (including phenoxy) is 2. The van der Waals surface area contributed by atoms with Crippen LogP contribution < -0.4 is 14.8 Å². The number of nitrogens with one attached hydrogen (secondary N) is 1. The minimum absolute atomic E-state index is 0.0217. The third-order valence-electron chi connectivity index (χ3n) is 4.00. The van der Waals surface area contributed by atoms with Gasteiger partial charge in [-0.15, -0.1) is 0 Å². The normalized spacial score (nSPS) is 11.9. The summed E-state index contributed by atoms with van der Waals surface area (Å²) in [6, 6.07) is 10.1. The first-order valence-electron chi connectivity index (χ1n) is 9.10. The van der Waals surface area contributed by atoms with Crippen LogP contribution in [0.2, 0.25) is 0 Å². The van der Waals surface area contributed by atoms with Gasteiger partial charge in [0.15, 0.2) is 26.5 Å². The molecule has 7 nitrogen and oxygen atoms in total. The van der Waals surface area contributed by atoms with Crippen molar-refractivity contribution < 1.29 is 22.7 Å². The number of anilines is 1. The Labute approximate surface area is 179 Å². The van der Waals surface area contributed by atoms with Crippen LogP contribution in [0.1, 0.15) is 19.4 Å². The molecule has 30 heavy (non-hydrogen) atoms. The number of benzene rings is 2. The largest absolute Gasteiger partial charge is 0.493 e. The summed E-state index contributed by atoms with van der Waals surface area (Å²) in [5.41, 5.74) is 1.40. The average molecular weight is 447 g/mol. The number of hydrogen-bond donors (Lipinski definition) is 1. The second-order valence-corrected chi connectivity index (χ2v) is 9.87. The molecular weight excluding hydrogens is 424 g/mol. The summed E-state index contributed by atoms with van der Waals surface area (Å²) in [5.74, 6) is 0.870. The highest BCUT2D eigenvalue weighted by Gasteiger charge is 2.12. The molecule has 0 radical (unpaired) electrons. The predicted octanol–water partition coefficient (Wildman–Crippen LogP) is 4.15. The molecule has 0 unspecified atom stereocenters. The molecule has 0 saturated heterocycles. The van der Waals surface area contributed by atoms with Crippen molar-refractivity contribution >= 4 is 48.5 Å². The second kappa shape index (κ2) is 8.85. The van der Waals surface area contributed by atoms with Gasteiger partial charge in [0, 0.05) is 12.3 Å². The van der Waals surface area contributed by atoms with Gasteiger partial charge in [-0.2, -0.15) is 0 Å². The Morgan fingerprint density at radius 2 is 1.93 bits per heavy atom. The van der Waals surface area contributed by atoms with Crippen LogP contribution in [0.25, 0.3) is 16.3 Å². The number of carbonyl (C=O) groups excluding carboxylic acids is 1. The van der Waals surface area contributed by atoms with Crippen LogP contribution in [0, 0.1) is 0 Å². The molecule has 0 aliphatic carbocycles. The van der Waals surface area contributed by atoms with Crippen LogP contribution in [0.3, 0.4) is 0 Å². The summed E-state index contributed by atoms with van der Waals surface area (Å²) in [6.07, 6.45) is 4.23. The molecule has 3 rings (SSSR count). The maximum absolute atomic E-state index is 12.3. The Kier molecular flexibility index (Phi) is 6.42. The van der Waals surface area contributed by atoms with E-state index in [1.54, 1.807) is 37.5 Å². The highest BCUT2D eigenvalue weighted by atomic mass is 32.2. The lowest BCUT2D eigenvalue weighted by molar-refractivity contribution is -0.111. The number of rotatable bonds is 7. The van der Waals surface area contributed by atoms with E-state index in [0.717, 1.165) is 11.8 Å². The highest BCUT2D eigenvalue weighted by molar-refractivity contribution is 7.90. The first-order valence-corrected chi connectivity index (χ1v) is 11.8. The van der Waals surface area contributed by atoms with E-state index in [1.165, 1.54) is 23.5 Å². The maximum atomic E-state index is 12.3. The smallest absolute Gasteiger partial charge is 0.250 e. The predicted molar refractivity (Wildman–Crippen MR) is 119 cm³/mol. The first kappa shape index (κ1) is 21.8. The molecule has 1 N–H and O–H groups in total. The van der Waals surface area contributed by atoms with Crippen molar-refractivity contribution in [2.75, 3.05) is 18.7 Å². The molecule has 1 amide bonds. The number of hydrogen-bond acceptors (Lipinski definition) is 7. The van der Waals surface area contributed by atoms with E-state index < -0.39 is 9.84 Å². The van der Waals surface area contributed by atoms with Crippen LogP contribution in [0.4, 0.5) is 5.13 Å². The summed E-state index contributed by atoms with van der Waals surface area (Å²) in [6.45, 7) is 3.86. The molecule has 158 valence electrons. The van der Waals surface area contributed by atoms with E-state index in [9.17, 15) is 13.2 Å². The summed E-state index contributed by atoms with van der Waals surface area (Å²) in [7, 11) is -1.74. The summed E-state index contributed by atoms with van der Waals surface area (Å²) >= 11 is 1.21. The van der Waals surface area contributed by atoms with E-state index in [0.29, 0.717) is 26.8 Å². The Hall–Kier alpha value is -2.91. The third-order valence-corrected chi connectivity index (χ3v) is 6.04. The molecule has 3 aromatic rings. The number of thiazole rings is 1. The van der Waals surface area contributed by atoms with E-state index in [4.69, 9.17) is 9.47 Å². The number of nitrogens with zero attached hydrogens (tertiary/aromatic N) is 1. The van der Waals surface area contributed by atoms with Crippen LogP contribution in [-0.2, 0) is 14.6 Å². The Morgan fingerprint density at radius 3 is 2.60 bits per heavy atom. The van der Waals surface area contributed by atoms with Gasteiger partial charge in [-0.1, -0.05) is 17.4 Å². The third kappa shape index (κ3) is 5.37. The van der Waals surface area contributed by atoms with Crippen LogP contribution in [0.5, 0.6) is 11.5 Å². The Bertz CT molecular complexity index is 1210. The van der Waals surface area contributed by atoms with Gasteiger partial charge in [0.1, 0.15) is 0 Å². The van der Waals surface area contributed by atoms with Crippen molar-refractivity contribution in [3.8, 4) is 11.5 Å². The topological polar surface area (TPSA) is 94.6 Å². The van der Waals surface area contributed by atoms with E-state index in [-0.39, 0.29) is 16.9 Å². The second-order valence-electron chi connectivity index (χ2n) is 6.82. The number of aromatic nitrogens is 1. The van der Waals surface area contributed by atoms with Crippen LogP contribution in [-0.4, -0.2) is 38.8 Å². The molecule has 0 bridgehead atoms. The van der Waals surface area contributed by atoms with Gasteiger partial charge in [0.2, 0.25) is 5.91 Å². The zero-order valence-electron chi connectivity index (χ0n) is 17.0. The van der Waals surface area contributed by atoms with Gasteiger partial charge in [0.05, 0.1) is 28.3 Å². The van der Waals surface area contributed by atoms with Crippen molar-refractivity contribution in [2.24, 2.45) is 0 Å². The zero-order valence-corrected chi connectivity index (χ0v) is 18.6. The van der Waals surface area contributed by atoms with Gasteiger partial charge < -0.3 is 9.47 Å². The van der Waals surface area contributed by atoms with Gasteiger partial charge in [-0.3, -0.25) is 10.1 Å². The Morgan fingerprint density at radius 1 is 1.17 bits per heavy atom. The fourth-order valence-electron chi connectivity index (χ4n) is 2.65. The number of methoxy groups -OCH3 is 1. The molecule has 0 atom stereocenters. The van der Waals surface area contributed by atoms with E-state index >= 15 is 0 Å². The molecule has 0 saturated carbocycles. The highest BCUT2D eigenvalue weighted by Crippen LogP contribution is 2.30. The lowest BCUT2D eigenvalue weighted by Gasteiger charge is -2.13. The van der Waals surface area contributed by atoms with Crippen molar-refractivity contribution in [1.29, 1.82) is 0 Å². The van der Waals surface area contributed by atoms with Gasteiger partial charge in [0.25, 0.3) is 0 Å². The molecule has 1 heterocycles. The minimum atomic E-state index is -3.30. The van der Waals surface area contributed by atoms with Crippen molar-refractivity contribution in [2.45, 2.75) is 24.8 Å². The van der Waals surface area contributed by atoms with Crippen LogP contribution in [0.15, 0.2) is 47.4 Å². The molecule has 9 heteroatoms. The van der Waals surface area contributed by atoms with E-state index in [1.807, 2.05) is 19.9 Å². The molecule has 1 aromatic heterocycles. The summed E-state index contributed by atoms with van der Waals surface area (Å²) < 4.78 is 35.1. The molecule has 2 aromatic carbocycles. The zero-order chi connectivity index (χ0) is 21.9. The number of carbonyl (C=O) groups is 1. The maximum Gasteiger partial charge on any atom is 0.250 e. The van der Waals surface area contributed by atoms with Crippen molar-refractivity contribution in [1.82, 2.24) is 4.98 Å². The number of amides is 1. The summed E-state index contributed by atoms with van der Waals surface area (Å²) in [4.78, 5) is 16.8. The van der Waals surface area contributed by atoms with Gasteiger partial charge in [-0.25, -0.2) is 13.4 Å². The van der Waals surface area contributed by atoms with Gasteiger partial charge in [-0.05, 0) is 55.8 Å². The fourth-order valence-corrected chi connectivity index (χ4v) is 4.28. The lowest BCUT2D eigenvalue weighted by atomic mass is 10.2.